The number of rotatable bonds is 5. The lowest BCUT2D eigenvalue weighted by molar-refractivity contribution is -0.120. The molecule has 1 aromatic heterocycles. The van der Waals surface area contributed by atoms with Crippen LogP contribution < -0.4 is 16.4 Å². The number of aromatic nitrogens is 1. The molecular weight excluding hydrogens is 256 g/mol. The van der Waals surface area contributed by atoms with E-state index in [1.807, 2.05) is 6.92 Å². The van der Waals surface area contributed by atoms with Crippen LogP contribution in [0.5, 0.6) is 0 Å². The molecule has 4 N–H and O–H groups in total. The minimum absolute atomic E-state index is 0.0897. The van der Waals surface area contributed by atoms with Crippen molar-refractivity contribution in [2.45, 2.75) is 13.3 Å². The second kappa shape index (κ2) is 8.67. The fourth-order valence-electron chi connectivity index (χ4n) is 1.42. The van der Waals surface area contributed by atoms with Crippen LogP contribution in [-0.4, -0.2) is 36.4 Å². The average Bonchev–Trinajstić information content (AvgIpc) is 2.46. The van der Waals surface area contributed by atoms with Gasteiger partial charge in [0.25, 0.3) is 5.91 Å². The smallest absolute Gasteiger partial charge is 0.269 e. The van der Waals surface area contributed by atoms with Gasteiger partial charge in [-0.2, -0.15) is 0 Å². The fourth-order valence-corrected chi connectivity index (χ4v) is 1.42. The van der Waals surface area contributed by atoms with E-state index >= 15 is 0 Å². The maximum absolute atomic E-state index is 11.7. The third-order valence-electron chi connectivity index (χ3n) is 2.34. The summed E-state index contributed by atoms with van der Waals surface area (Å²) in [6, 6.07) is 3.29. The first-order valence-electron chi connectivity index (χ1n) is 6.37. The van der Waals surface area contributed by atoms with Gasteiger partial charge in [-0.05, 0) is 19.1 Å². The largest absolute Gasteiger partial charge is 0.356 e. The van der Waals surface area contributed by atoms with Crippen LogP contribution in [0.2, 0.25) is 0 Å². The molecule has 0 spiro atoms. The van der Waals surface area contributed by atoms with Crippen LogP contribution >= 0.6 is 0 Å². The Morgan fingerprint density at radius 2 is 2.15 bits per heavy atom. The number of amides is 2. The first kappa shape index (κ1) is 15.7. The standard InChI is InChI=1S/C14H18N4O2/c1-2-16-13(19)7-9-17-14(20)12-6-5-11(10-18-12)4-3-8-15/h5-6,10H,2,7-9,15H2,1H3,(H,16,19)(H,17,20). The van der Waals surface area contributed by atoms with Crippen molar-refractivity contribution in [1.82, 2.24) is 15.6 Å². The molecule has 6 nitrogen and oxygen atoms in total. The van der Waals surface area contributed by atoms with E-state index < -0.39 is 0 Å². The van der Waals surface area contributed by atoms with Crippen LogP contribution in [0.25, 0.3) is 0 Å². The summed E-state index contributed by atoms with van der Waals surface area (Å²) in [4.78, 5) is 27.0. The molecule has 0 saturated carbocycles. The highest BCUT2D eigenvalue weighted by Gasteiger charge is 2.07. The third-order valence-corrected chi connectivity index (χ3v) is 2.34. The molecule has 0 radical (unpaired) electrons. The molecule has 0 fully saturated rings. The Hall–Kier alpha value is -2.39. The molecule has 1 rings (SSSR count). The third kappa shape index (κ3) is 5.50. The van der Waals surface area contributed by atoms with Gasteiger partial charge in [-0.25, -0.2) is 4.98 Å². The summed E-state index contributed by atoms with van der Waals surface area (Å²) in [7, 11) is 0. The van der Waals surface area contributed by atoms with E-state index in [-0.39, 0.29) is 31.3 Å². The van der Waals surface area contributed by atoms with E-state index in [4.69, 9.17) is 5.73 Å². The Labute approximate surface area is 118 Å². The van der Waals surface area contributed by atoms with Crippen LogP contribution in [0.3, 0.4) is 0 Å². The zero-order chi connectivity index (χ0) is 14.8. The van der Waals surface area contributed by atoms with Gasteiger partial charge in [-0.3, -0.25) is 9.59 Å². The molecule has 0 unspecified atom stereocenters. The lowest BCUT2D eigenvalue weighted by atomic mass is 10.2. The molecule has 0 atom stereocenters. The van der Waals surface area contributed by atoms with E-state index in [1.165, 1.54) is 6.20 Å². The van der Waals surface area contributed by atoms with Crippen molar-refractivity contribution in [3.63, 3.8) is 0 Å². The molecule has 6 heteroatoms. The molecule has 1 heterocycles. The predicted octanol–water partition coefficient (Wildman–Crippen LogP) is -0.352. The zero-order valence-corrected chi connectivity index (χ0v) is 11.4. The number of nitrogens with zero attached hydrogens (tertiary/aromatic N) is 1. The molecule has 0 aliphatic carbocycles. The summed E-state index contributed by atoms with van der Waals surface area (Å²) in [5.41, 5.74) is 6.26. The van der Waals surface area contributed by atoms with Gasteiger partial charge < -0.3 is 16.4 Å². The van der Waals surface area contributed by atoms with Crippen molar-refractivity contribution < 1.29 is 9.59 Å². The van der Waals surface area contributed by atoms with Crippen molar-refractivity contribution in [2.75, 3.05) is 19.6 Å². The second-order valence-corrected chi connectivity index (χ2v) is 3.90. The summed E-state index contributed by atoms with van der Waals surface area (Å²) in [5.74, 6) is 5.12. The van der Waals surface area contributed by atoms with Gasteiger partial charge in [0, 0.05) is 31.3 Å². The topological polar surface area (TPSA) is 97.1 Å². The Kier molecular flexibility index (Phi) is 6.79. The first-order valence-corrected chi connectivity index (χ1v) is 6.37. The summed E-state index contributed by atoms with van der Waals surface area (Å²) in [5, 5.41) is 5.29. The van der Waals surface area contributed by atoms with Gasteiger partial charge in [0.1, 0.15) is 5.69 Å². The molecular formula is C14H18N4O2. The Morgan fingerprint density at radius 1 is 1.35 bits per heavy atom. The number of nitrogens with one attached hydrogen (secondary N) is 2. The van der Waals surface area contributed by atoms with E-state index in [0.717, 1.165) is 0 Å². The highest BCUT2D eigenvalue weighted by atomic mass is 16.2. The van der Waals surface area contributed by atoms with Crippen LogP contribution in [0.15, 0.2) is 18.3 Å². The molecule has 0 aliphatic heterocycles. The quantitative estimate of drug-likeness (QED) is 0.639. The molecule has 0 bridgehead atoms. The van der Waals surface area contributed by atoms with Crippen molar-refractivity contribution in [3.05, 3.63) is 29.6 Å². The molecule has 0 aromatic carbocycles. The monoisotopic (exact) mass is 274 g/mol. The van der Waals surface area contributed by atoms with E-state index in [1.54, 1.807) is 12.1 Å². The van der Waals surface area contributed by atoms with Gasteiger partial charge >= 0.3 is 0 Å². The van der Waals surface area contributed by atoms with Gasteiger partial charge in [-0.1, -0.05) is 11.8 Å². The van der Waals surface area contributed by atoms with Crippen molar-refractivity contribution in [3.8, 4) is 11.8 Å². The molecule has 20 heavy (non-hydrogen) atoms. The minimum Gasteiger partial charge on any atom is -0.356 e. The molecule has 0 saturated heterocycles. The van der Waals surface area contributed by atoms with Gasteiger partial charge in [0.05, 0.1) is 6.54 Å². The highest BCUT2D eigenvalue weighted by Crippen LogP contribution is 1.98. The molecule has 1 aromatic rings. The summed E-state index contributed by atoms with van der Waals surface area (Å²) in [6.07, 6.45) is 1.76. The lowest BCUT2D eigenvalue weighted by Crippen LogP contribution is -2.30. The number of carbonyl (C=O) groups is 2. The van der Waals surface area contributed by atoms with Crippen LogP contribution in [0.1, 0.15) is 29.4 Å². The lowest BCUT2D eigenvalue weighted by Gasteiger charge is -2.04. The number of pyridine rings is 1. The normalized spacial score (nSPS) is 9.30. The van der Waals surface area contributed by atoms with E-state index in [2.05, 4.69) is 27.5 Å². The number of hydrogen-bond acceptors (Lipinski definition) is 4. The average molecular weight is 274 g/mol. The molecule has 0 aliphatic rings. The van der Waals surface area contributed by atoms with E-state index in [9.17, 15) is 9.59 Å². The van der Waals surface area contributed by atoms with Gasteiger partial charge in [0.2, 0.25) is 5.91 Å². The second-order valence-electron chi connectivity index (χ2n) is 3.90. The van der Waals surface area contributed by atoms with Gasteiger partial charge in [-0.15, -0.1) is 0 Å². The maximum atomic E-state index is 11.7. The SMILES string of the molecule is CCNC(=O)CCNC(=O)c1ccc(C#CCN)cn1. The van der Waals surface area contributed by atoms with Crippen molar-refractivity contribution >= 4 is 11.8 Å². The van der Waals surface area contributed by atoms with Crippen LogP contribution in [0.4, 0.5) is 0 Å². The molecule has 106 valence electrons. The predicted molar refractivity (Wildman–Crippen MR) is 75.8 cm³/mol. The van der Waals surface area contributed by atoms with Crippen LogP contribution in [0, 0.1) is 11.8 Å². The summed E-state index contributed by atoms with van der Waals surface area (Å²) < 4.78 is 0. The van der Waals surface area contributed by atoms with E-state index in [0.29, 0.717) is 17.8 Å². The van der Waals surface area contributed by atoms with Gasteiger partial charge in [0.15, 0.2) is 0 Å². The van der Waals surface area contributed by atoms with Crippen molar-refractivity contribution in [2.24, 2.45) is 5.73 Å². The van der Waals surface area contributed by atoms with Crippen LogP contribution in [-0.2, 0) is 4.79 Å². The Bertz CT molecular complexity index is 514. The number of nitrogens with two attached hydrogens (primary N) is 1. The minimum atomic E-state index is -0.312. The highest BCUT2D eigenvalue weighted by molar-refractivity contribution is 5.92. The van der Waals surface area contributed by atoms with Crippen molar-refractivity contribution in [1.29, 1.82) is 0 Å². The number of carbonyl (C=O) groups excluding carboxylic acids is 2. The summed E-state index contributed by atoms with van der Waals surface area (Å²) >= 11 is 0. The first-order chi connectivity index (χ1) is 9.67. The molecule has 2 amide bonds. The maximum Gasteiger partial charge on any atom is 0.269 e. The summed E-state index contributed by atoms with van der Waals surface area (Å²) in [6.45, 7) is 2.98. The zero-order valence-electron chi connectivity index (χ0n) is 11.4. The fraction of sp³-hybridized carbons (Fsp3) is 0.357. The Morgan fingerprint density at radius 3 is 2.75 bits per heavy atom. The number of hydrogen-bond donors (Lipinski definition) is 3. The Balaban J connectivity index is 2.45.